The van der Waals surface area contributed by atoms with Gasteiger partial charge in [0.25, 0.3) is 0 Å². The third-order valence-corrected chi connectivity index (χ3v) is 3.37. The lowest BCUT2D eigenvalue weighted by atomic mass is 9.70. The van der Waals surface area contributed by atoms with Gasteiger partial charge in [-0.05, 0) is 37.5 Å². The first kappa shape index (κ1) is 6.66. The van der Waals surface area contributed by atoms with Crippen LogP contribution in [0.2, 0.25) is 0 Å². The van der Waals surface area contributed by atoms with Gasteiger partial charge in [-0.25, -0.2) is 0 Å². The molecule has 1 heteroatoms. The topological polar surface area (TPSA) is 9.23 Å². The van der Waals surface area contributed by atoms with Gasteiger partial charge in [0, 0.05) is 0 Å². The number of ether oxygens (including phenoxy) is 1. The molecule has 0 amide bonds. The summed E-state index contributed by atoms with van der Waals surface area (Å²) in [6.45, 7) is 3.35. The lowest BCUT2D eigenvalue weighted by molar-refractivity contribution is -0.116. The summed E-state index contributed by atoms with van der Waals surface area (Å²) in [6.07, 6.45) is 7.46. The highest BCUT2D eigenvalue weighted by Gasteiger charge is 2.39. The standard InChI is InChI=1S/C9H16O/c1-2-9-5-3-8(4-6-9)10-7-9/h8H,2-7H2,1H3. The molecule has 1 saturated carbocycles. The van der Waals surface area contributed by atoms with Crippen LogP contribution in [0.25, 0.3) is 0 Å². The van der Waals surface area contributed by atoms with Crippen molar-refractivity contribution in [2.75, 3.05) is 6.61 Å². The van der Waals surface area contributed by atoms with E-state index >= 15 is 0 Å². The molecule has 10 heavy (non-hydrogen) atoms. The molecular weight excluding hydrogens is 124 g/mol. The smallest absolute Gasteiger partial charge is 0.0575 e. The van der Waals surface area contributed by atoms with E-state index in [9.17, 15) is 0 Å². The zero-order valence-electron chi connectivity index (χ0n) is 6.73. The number of rotatable bonds is 1. The molecule has 0 aromatic carbocycles. The number of hydrogen-bond acceptors (Lipinski definition) is 1. The van der Waals surface area contributed by atoms with E-state index in [0.717, 1.165) is 6.61 Å². The zero-order valence-corrected chi connectivity index (χ0v) is 6.73. The SMILES string of the molecule is CCC12CCC(CC1)OC2. The summed E-state index contributed by atoms with van der Waals surface area (Å²) in [5.74, 6) is 0. The summed E-state index contributed by atoms with van der Waals surface area (Å²) < 4.78 is 5.67. The highest BCUT2D eigenvalue weighted by atomic mass is 16.5. The molecule has 0 spiro atoms. The molecule has 58 valence electrons. The third-order valence-electron chi connectivity index (χ3n) is 3.37. The van der Waals surface area contributed by atoms with Gasteiger partial charge < -0.3 is 4.74 Å². The molecule has 0 aromatic rings. The minimum atomic E-state index is 0.606. The first-order valence-electron chi connectivity index (χ1n) is 4.46. The van der Waals surface area contributed by atoms with Crippen molar-refractivity contribution in [2.24, 2.45) is 5.41 Å². The zero-order chi connectivity index (χ0) is 7.03. The van der Waals surface area contributed by atoms with Crippen molar-refractivity contribution >= 4 is 0 Å². The first-order valence-corrected chi connectivity index (χ1v) is 4.46. The van der Waals surface area contributed by atoms with E-state index in [-0.39, 0.29) is 0 Å². The van der Waals surface area contributed by atoms with Crippen molar-refractivity contribution in [3.8, 4) is 0 Å². The predicted molar refractivity (Wildman–Crippen MR) is 40.9 cm³/mol. The molecule has 0 atom stereocenters. The maximum absolute atomic E-state index is 5.67. The van der Waals surface area contributed by atoms with Crippen molar-refractivity contribution in [1.29, 1.82) is 0 Å². The van der Waals surface area contributed by atoms with Crippen molar-refractivity contribution in [3.63, 3.8) is 0 Å². The molecule has 2 bridgehead atoms. The molecular formula is C9H16O. The third kappa shape index (κ3) is 0.878. The lowest BCUT2D eigenvalue weighted by Crippen LogP contribution is -2.41. The highest BCUT2D eigenvalue weighted by Crippen LogP contribution is 2.44. The fourth-order valence-electron chi connectivity index (χ4n) is 2.26. The Bertz CT molecular complexity index is 109. The quantitative estimate of drug-likeness (QED) is 0.543. The summed E-state index contributed by atoms with van der Waals surface area (Å²) in [7, 11) is 0. The normalized spacial score (nSPS) is 45.9. The monoisotopic (exact) mass is 140 g/mol. The average molecular weight is 140 g/mol. The van der Waals surface area contributed by atoms with Crippen LogP contribution in [-0.2, 0) is 4.74 Å². The largest absolute Gasteiger partial charge is 0.378 e. The summed E-state index contributed by atoms with van der Waals surface area (Å²) in [6, 6.07) is 0. The summed E-state index contributed by atoms with van der Waals surface area (Å²) in [5, 5.41) is 0. The Morgan fingerprint density at radius 3 is 2.40 bits per heavy atom. The van der Waals surface area contributed by atoms with E-state index in [2.05, 4.69) is 6.92 Å². The minimum Gasteiger partial charge on any atom is -0.378 e. The second-order valence-electron chi connectivity index (χ2n) is 3.86. The molecule has 3 aliphatic rings. The summed E-state index contributed by atoms with van der Waals surface area (Å²) in [4.78, 5) is 0. The Morgan fingerprint density at radius 2 is 2.10 bits per heavy atom. The molecule has 1 aliphatic carbocycles. The van der Waals surface area contributed by atoms with Crippen LogP contribution in [0.4, 0.5) is 0 Å². The molecule has 0 unspecified atom stereocenters. The highest BCUT2D eigenvalue weighted by molar-refractivity contribution is 4.89. The van der Waals surface area contributed by atoms with Crippen LogP contribution in [0.3, 0.4) is 0 Å². The molecule has 3 rings (SSSR count). The van der Waals surface area contributed by atoms with Gasteiger partial charge >= 0.3 is 0 Å². The fraction of sp³-hybridized carbons (Fsp3) is 1.00. The summed E-state index contributed by atoms with van der Waals surface area (Å²) >= 11 is 0. The van der Waals surface area contributed by atoms with Gasteiger partial charge in [-0.3, -0.25) is 0 Å². The summed E-state index contributed by atoms with van der Waals surface area (Å²) in [5.41, 5.74) is 0.606. The van der Waals surface area contributed by atoms with Crippen LogP contribution in [0.15, 0.2) is 0 Å². The van der Waals surface area contributed by atoms with Gasteiger partial charge in [-0.2, -0.15) is 0 Å². The van der Waals surface area contributed by atoms with E-state index in [1.54, 1.807) is 0 Å². The van der Waals surface area contributed by atoms with Gasteiger partial charge in [0.15, 0.2) is 0 Å². The van der Waals surface area contributed by atoms with Crippen LogP contribution in [-0.4, -0.2) is 12.7 Å². The Kier molecular flexibility index (Phi) is 1.48. The molecule has 3 fully saturated rings. The van der Waals surface area contributed by atoms with Gasteiger partial charge in [-0.1, -0.05) is 6.92 Å². The first-order chi connectivity index (χ1) is 4.85. The average Bonchev–Trinajstić information content (AvgIpc) is 2.08. The van der Waals surface area contributed by atoms with Crippen LogP contribution in [0, 0.1) is 5.41 Å². The second-order valence-corrected chi connectivity index (χ2v) is 3.86. The Morgan fingerprint density at radius 1 is 1.40 bits per heavy atom. The van der Waals surface area contributed by atoms with E-state index in [1.165, 1.54) is 32.1 Å². The lowest BCUT2D eigenvalue weighted by Gasteiger charge is -2.45. The van der Waals surface area contributed by atoms with Gasteiger partial charge in [0.1, 0.15) is 0 Å². The maximum atomic E-state index is 5.67. The van der Waals surface area contributed by atoms with E-state index in [0.29, 0.717) is 11.5 Å². The van der Waals surface area contributed by atoms with Crippen molar-refractivity contribution in [3.05, 3.63) is 0 Å². The fourth-order valence-corrected chi connectivity index (χ4v) is 2.26. The minimum absolute atomic E-state index is 0.606. The maximum Gasteiger partial charge on any atom is 0.0575 e. The van der Waals surface area contributed by atoms with Crippen LogP contribution in [0.1, 0.15) is 39.0 Å². The van der Waals surface area contributed by atoms with Crippen LogP contribution < -0.4 is 0 Å². The predicted octanol–water partition coefficient (Wildman–Crippen LogP) is 2.36. The van der Waals surface area contributed by atoms with Crippen molar-refractivity contribution in [1.82, 2.24) is 0 Å². The van der Waals surface area contributed by atoms with Crippen molar-refractivity contribution in [2.45, 2.75) is 45.1 Å². The van der Waals surface area contributed by atoms with Gasteiger partial charge in [0.05, 0.1) is 12.7 Å². The molecule has 2 saturated heterocycles. The molecule has 0 radical (unpaired) electrons. The van der Waals surface area contributed by atoms with Gasteiger partial charge in [0.2, 0.25) is 0 Å². The molecule has 1 nitrogen and oxygen atoms in total. The molecule has 0 N–H and O–H groups in total. The van der Waals surface area contributed by atoms with E-state index in [1.807, 2.05) is 0 Å². The van der Waals surface area contributed by atoms with Crippen molar-refractivity contribution < 1.29 is 4.74 Å². The number of fused-ring (bicyclic) bond motifs is 3. The Labute approximate surface area is 62.8 Å². The van der Waals surface area contributed by atoms with Crippen LogP contribution >= 0.6 is 0 Å². The molecule has 2 heterocycles. The Balaban J connectivity index is 2.08. The number of hydrogen-bond donors (Lipinski definition) is 0. The van der Waals surface area contributed by atoms with E-state index < -0.39 is 0 Å². The molecule has 0 aromatic heterocycles. The molecule has 2 aliphatic heterocycles. The second kappa shape index (κ2) is 2.23. The van der Waals surface area contributed by atoms with Gasteiger partial charge in [-0.15, -0.1) is 0 Å². The van der Waals surface area contributed by atoms with Crippen LogP contribution in [0.5, 0.6) is 0 Å². The van der Waals surface area contributed by atoms with E-state index in [4.69, 9.17) is 4.74 Å². The Hall–Kier alpha value is -0.0400.